The number of fused-ring (bicyclic) bond motifs is 1. The number of esters is 1. The number of H-pyrrole nitrogens is 1. The first-order valence-corrected chi connectivity index (χ1v) is 8.79. The van der Waals surface area contributed by atoms with Gasteiger partial charge in [-0.25, -0.2) is 4.98 Å². The summed E-state index contributed by atoms with van der Waals surface area (Å²) in [5.74, 6) is -0.707. The van der Waals surface area contributed by atoms with Gasteiger partial charge in [0.1, 0.15) is 23.7 Å². The lowest BCUT2D eigenvalue weighted by molar-refractivity contribution is -0.143. The SMILES string of the molecule is Cc1ccc(C(=O)NCC(=O)OCc2nc3ccsc3c(=O)[nH]2)cc1C. The average Bonchev–Trinajstić information content (AvgIpc) is 3.09. The van der Waals surface area contributed by atoms with Crippen LogP contribution in [0.2, 0.25) is 0 Å². The number of carbonyl (C=O) groups is 2. The number of hydrogen-bond donors (Lipinski definition) is 2. The van der Waals surface area contributed by atoms with Crippen molar-refractivity contribution in [2.24, 2.45) is 0 Å². The van der Waals surface area contributed by atoms with Crippen molar-refractivity contribution in [1.82, 2.24) is 15.3 Å². The van der Waals surface area contributed by atoms with E-state index in [2.05, 4.69) is 15.3 Å². The number of carbonyl (C=O) groups excluding carboxylic acids is 2. The molecular weight excluding hydrogens is 354 g/mol. The summed E-state index contributed by atoms with van der Waals surface area (Å²) in [6.07, 6.45) is 0. The largest absolute Gasteiger partial charge is 0.456 e. The molecule has 134 valence electrons. The Labute approximate surface area is 153 Å². The predicted molar refractivity (Wildman–Crippen MR) is 98.3 cm³/mol. The number of aromatic nitrogens is 2. The zero-order valence-corrected chi connectivity index (χ0v) is 15.1. The summed E-state index contributed by atoms with van der Waals surface area (Å²) in [6, 6.07) is 7.05. The molecule has 1 aromatic carbocycles. The van der Waals surface area contributed by atoms with Crippen LogP contribution in [-0.2, 0) is 16.1 Å². The Bertz CT molecular complexity index is 1040. The number of aryl methyl sites for hydroxylation is 2. The third-order valence-corrected chi connectivity index (χ3v) is 4.80. The van der Waals surface area contributed by atoms with E-state index >= 15 is 0 Å². The first kappa shape index (κ1) is 17.8. The van der Waals surface area contributed by atoms with Crippen molar-refractivity contribution in [2.45, 2.75) is 20.5 Å². The second-order valence-electron chi connectivity index (χ2n) is 5.79. The molecular formula is C18H17N3O4S. The van der Waals surface area contributed by atoms with Gasteiger partial charge in [0.05, 0.1) is 5.52 Å². The summed E-state index contributed by atoms with van der Waals surface area (Å²) < 4.78 is 5.58. The molecule has 2 heterocycles. The van der Waals surface area contributed by atoms with Crippen molar-refractivity contribution in [1.29, 1.82) is 0 Å². The Hall–Kier alpha value is -3.00. The van der Waals surface area contributed by atoms with Crippen molar-refractivity contribution in [3.63, 3.8) is 0 Å². The van der Waals surface area contributed by atoms with Gasteiger partial charge in [-0.1, -0.05) is 6.07 Å². The highest BCUT2D eigenvalue weighted by Crippen LogP contribution is 2.13. The quantitative estimate of drug-likeness (QED) is 0.669. The van der Waals surface area contributed by atoms with Gasteiger partial charge in [0.15, 0.2) is 0 Å². The van der Waals surface area contributed by atoms with Crippen molar-refractivity contribution in [3.05, 3.63) is 62.5 Å². The van der Waals surface area contributed by atoms with Gasteiger partial charge in [0, 0.05) is 5.56 Å². The van der Waals surface area contributed by atoms with E-state index < -0.39 is 5.97 Å². The number of ether oxygens (including phenoxy) is 1. The van der Waals surface area contributed by atoms with Gasteiger partial charge >= 0.3 is 5.97 Å². The topological polar surface area (TPSA) is 101 Å². The third-order valence-electron chi connectivity index (χ3n) is 3.90. The molecule has 2 aromatic heterocycles. The summed E-state index contributed by atoms with van der Waals surface area (Å²) >= 11 is 1.30. The summed E-state index contributed by atoms with van der Waals surface area (Å²) in [7, 11) is 0. The van der Waals surface area contributed by atoms with Crippen LogP contribution in [0, 0.1) is 13.8 Å². The number of nitrogens with one attached hydrogen (secondary N) is 2. The maximum Gasteiger partial charge on any atom is 0.325 e. The van der Waals surface area contributed by atoms with E-state index in [0.717, 1.165) is 11.1 Å². The summed E-state index contributed by atoms with van der Waals surface area (Å²) in [5.41, 5.74) is 2.87. The molecule has 0 aliphatic carbocycles. The van der Waals surface area contributed by atoms with Gasteiger partial charge < -0.3 is 15.0 Å². The molecule has 1 amide bonds. The monoisotopic (exact) mass is 371 g/mol. The zero-order chi connectivity index (χ0) is 18.7. The lowest BCUT2D eigenvalue weighted by Crippen LogP contribution is -2.30. The van der Waals surface area contributed by atoms with E-state index in [4.69, 9.17) is 4.74 Å². The maximum atomic E-state index is 12.1. The standard InChI is InChI=1S/C18H17N3O4S/c1-10-3-4-12(7-11(10)2)17(23)19-8-15(22)25-9-14-20-13-5-6-26-16(13)18(24)21-14/h3-7H,8-9H2,1-2H3,(H,19,23)(H,20,21,24). The molecule has 0 aliphatic heterocycles. The minimum absolute atomic E-state index is 0.167. The van der Waals surface area contributed by atoms with E-state index in [-0.39, 0.29) is 30.4 Å². The zero-order valence-electron chi connectivity index (χ0n) is 14.3. The number of nitrogens with zero attached hydrogens (tertiary/aromatic N) is 1. The van der Waals surface area contributed by atoms with E-state index in [9.17, 15) is 14.4 Å². The number of hydrogen-bond acceptors (Lipinski definition) is 6. The molecule has 0 saturated carbocycles. The van der Waals surface area contributed by atoms with Gasteiger partial charge in [-0.3, -0.25) is 14.4 Å². The van der Waals surface area contributed by atoms with Crippen LogP contribution in [0.25, 0.3) is 10.2 Å². The molecule has 26 heavy (non-hydrogen) atoms. The van der Waals surface area contributed by atoms with E-state index in [1.165, 1.54) is 11.3 Å². The first-order chi connectivity index (χ1) is 12.4. The fourth-order valence-electron chi connectivity index (χ4n) is 2.33. The molecule has 0 fully saturated rings. The van der Waals surface area contributed by atoms with Gasteiger partial charge in [-0.2, -0.15) is 0 Å². The Balaban J connectivity index is 1.54. The van der Waals surface area contributed by atoms with Crippen molar-refractivity contribution >= 4 is 33.4 Å². The molecule has 0 spiro atoms. The highest BCUT2D eigenvalue weighted by atomic mass is 32.1. The third kappa shape index (κ3) is 3.97. The predicted octanol–water partition coefficient (Wildman–Crippen LogP) is 2.07. The fraction of sp³-hybridized carbons (Fsp3) is 0.222. The summed E-state index contributed by atoms with van der Waals surface area (Å²) in [5, 5.41) is 4.28. The number of amides is 1. The van der Waals surface area contributed by atoms with Gasteiger partial charge in [0.2, 0.25) is 0 Å². The summed E-state index contributed by atoms with van der Waals surface area (Å²) in [4.78, 5) is 42.5. The average molecular weight is 371 g/mol. The Morgan fingerprint density at radius 2 is 2.04 bits per heavy atom. The number of rotatable bonds is 5. The number of benzene rings is 1. The minimum atomic E-state index is -0.616. The Morgan fingerprint density at radius 1 is 1.23 bits per heavy atom. The molecule has 7 nitrogen and oxygen atoms in total. The molecule has 3 aromatic rings. The van der Waals surface area contributed by atoms with Crippen LogP contribution in [0.5, 0.6) is 0 Å². The molecule has 0 saturated heterocycles. The van der Waals surface area contributed by atoms with E-state index in [1.807, 2.05) is 19.9 Å². The minimum Gasteiger partial charge on any atom is -0.456 e. The number of aromatic amines is 1. The van der Waals surface area contributed by atoms with Crippen molar-refractivity contribution in [2.75, 3.05) is 6.54 Å². The van der Waals surface area contributed by atoms with Crippen LogP contribution >= 0.6 is 11.3 Å². The second kappa shape index (κ2) is 7.49. The molecule has 0 radical (unpaired) electrons. The number of thiophene rings is 1. The highest BCUT2D eigenvalue weighted by molar-refractivity contribution is 7.17. The molecule has 0 unspecified atom stereocenters. The van der Waals surface area contributed by atoms with Crippen LogP contribution in [0.1, 0.15) is 27.3 Å². The van der Waals surface area contributed by atoms with Crippen LogP contribution in [-0.4, -0.2) is 28.4 Å². The van der Waals surface area contributed by atoms with Crippen LogP contribution in [0.15, 0.2) is 34.4 Å². The Kier molecular flexibility index (Phi) is 5.13. The van der Waals surface area contributed by atoms with Gasteiger partial charge in [0.25, 0.3) is 11.5 Å². The normalized spacial score (nSPS) is 10.7. The molecule has 2 N–H and O–H groups in total. The van der Waals surface area contributed by atoms with Crippen LogP contribution in [0.4, 0.5) is 0 Å². The van der Waals surface area contributed by atoms with Crippen molar-refractivity contribution in [3.8, 4) is 0 Å². The summed E-state index contributed by atoms with van der Waals surface area (Å²) in [6.45, 7) is 3.44. The molecule has 0 bridgehead atoms. The fourth-order valence-corrected chi connectivity index (χ4v) is 3.05. The highest BCUT2D eigenvalue weighted by Gasteiger charge is 2.11. The van der Waals surface area contributed by atoms with E-state index in [1.54, 1.807) is 23.6 Å². The van der Waals surface area contributed by atoms with Crippen LogP contribution in [0.3, 0.4) is 0 Å². The maximum absolute atomic E-state index is 12.1. The van der Waals surface area contributed by atoms with E-state index in [0.29, 0.717) is 15.8 Å². The molecule has 3 rings (SSSR count). The molecule has 0 aliphatic rings. The first-order valence-electron chi connectivity index (χ1n) is 7.91. The lowest BCUT2D eigenvalue weighted by Gasteiger charge is -2.08. The molecule has 0 atom stereocenters. The second-order valence-corrected chi connectivity index (χ2v) is 6.71. The smallest absolute Gasteiger partial charge is 0.325 e. The van der Waals surface area contributed by atoms with Crippen molar-refractivity contribution < 1.29 is 14.3 Å². The lowest BCUT2D eigenvalue weighted by atomic mass is 10.1. The van der Waals surface area contributed by atoms with Gasteiger partial charge in [-0.05, 0) is 48.6 Å². The Morgan fingerprint density at radius 3 is 2.81 bits per heavy atom. The van der Waals surface area contributed by atoms with Crippen LogP contribution < -0.4 is 10.9 Å². The van der Waals surface area contributed by atoms with Gasteiger partial charge in [-0.15, -0.1) is 11.3 Å². The molecule has 8 heteroatoms.